The molecule has 1 aliphatic heterocycles. The average molecular weight is 615 g/mol. The Balaban J connectivity index is 0.00000484. The first kappa shape index (κ1) is 33.2. The van der Waals surface area contributed by atoms with Gasteiger partial charge in [-0.25, -0.2) is 13.2 Å². The summed E-state index contributed by atoms with van der Waals surface area (Å²) in [7, 11) is -3.31. The fourth-order valence-electron chi connectivity index (χ4n) is 5.01. The van der Waals surface area contributed by atoms with Crippen LogP contribution in [0.2, 0.25) is 0 Å². The molecule has 0 atom stereocenters. The molecule has 8 nitrogen and oxygen atoms in total. The number of ether oxygens (including phenoxy) is 1. The summed E-state index contributed by atoms with van der Waals surface area (Å²) in [6.45, 7) is 9.70. The molecule has 1 saturated heterocycles. The Morgan fingerprint density at radius 1 is 0.976 bits per heavy atom. The third-order valence-electron chi connectivity index (χ3n) is 7.27. The van der Waals surface area contributed by atoms with E-state index in [1.165, 1.54) is 5.56 Å². The number of sulfonamides is 1. The lowest BCUT2D eigenvalue weighted by Gasteiger charge is -2.34. The number of hydrogen-bond acceptors (Lipinski definition) is 5. The van der Waals surface area contributed by atoms with Gasteiger partial charge in [-0.05, 0) is 92.3 Å². The van der Waals surface area contributed by atoms with Gasteiger partial charge in [0.1, 0.15) is 11.5 Å². The van der Waals surface area contributed by atoms with Crippen LogP contribution in [-0.2, 0) is 16.6 Å². The maximum atomic E-state index is 13.4. The standard InChI is InChI=1S/C32H42N4O4S.ClH/c1-5-6-19-36(31-22-24(2)7-8-25(31)3)32(37)33-27-17-20-35(21-18-27)23-26-9-13-29(14-10-26)40-30-15-11-28(12-16-30)34-41(4,38)39;/h7-16,22,27,34H,5-6,17-21,23H2,1-4H3,(H,33,37);1H. The summed E-state index contributed by atoms with van der Waals surface area (Å²) in [5.74, 6) is 1.35. The van der Waals surface area contributed by atoms with Crippen LogP contribution in [0.15, 0.2) is 66.7 Å². The van der Waals surface area contributed by atoms with E-state index in [9.17, 15) is 13.2 Å². The van der Waals surface area contributed by atoms with Crippen LogP contribution >= 0.6 is 12.4 Å². The van der Waals surface area contributed by atoms with Gasteiger partial charge in [0.05, 0.1) is 6.26 Å². The van der Waals surface area contributed by atoms with Gasteiger partial charge in [-0.3, -0.25) is 14.5 Å². The van der Waals surface area contributed by atoms with E-state index in [1.54, 1.807) is 24.3 Å². The van der Waals surface area contributed by atoms with Crippen LogP contribution in [0.25, 0.3) is 0 Å². The van der Waals surface area contributed by atoms with E-state index in [2.05, 4.69) is 66.0 Å². The fourth-order valence-corrected chi connectivity index (χ4v) is 5.57. The van der Waals surface area contributed by atoms with Gasteiger partial charge < -0.3 is 10.1 Å². The minimum absolute atomic E-state index is 0. The third-order valence-corrected chi connectivity index (χ3v) is 7.88. The van der Waals surface area contributed by atoms with E-state index in [-0.39, 0.29) is 24.5 Å². The number of unbranched alkanes of at least 4 members (excludes halogenated alkanes) is 1. The van der Waals surface area contributed by atoms with Crippen molar-refractivity contribution in [2.75, 3.05) is 35.5 Å². The molecular formula is C32H43ClN4O4S. The minimum atomic E-state index is -3.31. The van der Waals surface area contributed by atoms with Crippen molar-refractivity contribution in [3.8, 4) is 11.5 Å². The van der Waals surface area contributed by atoms with E-state index in [4.69, 9.17) is 4.74 Å². The number of aryl methyl sites for hydroxylation is 2. The van der Waals surface area contributed by atoms with Crippen LogP contribution in [0.1, 0.15) is 49.3 Å². The molecule has 1 aliphatic rings. The Kier molecular flexibility index (Phi) is 12.1. The highest BCUT2D eigenvalue weighted by Gasteiger charge is 2.24. The van der Waals surface area contributed by atoms with Crippen molar-refractivity contribution >= 4 is 39.8 Å². The molecule has 10 heteroatoms. The van der Waals surface area contributed by atoms with E-state index < -0.39 is 10.0 Å². The lowest BCUT2D eigenvalue weighted by atomic mass is 10.0. The topological polar surface area (TPSA) is 91.0 Å². The zero-order valence-electron chi connectivity index (χ0n) is 24.9. The Morgan fingerprint density at radius 2 is 1.60 bits per heavy atom. The highest BCUT2D eigenvalue weighted by molar-refractivity contribution is 7.92. The zero-order valence-corrected chi connectivity index (χ0v) is 26.6. The molecule has 228 valence electrons. The molecule has 2 amide bonds. The number of amides is 2. The number of nitrogens with one attached hydrogen (secondary N) is 2. The molecule has 3 aromatic rings. The molecular weight excluding hydrogens is 572 g/mol. The molecule has 0 aliphatic carbocycles. The molecule has 42 heavy (non-hydrogen) atoms. The van der Waals surface area contributed by atoms with Gasteiger partial charge in [-0.1, -0.05) is 37.6 Å². The second kappa shape index (κ2) is 15.3. The second-order valence-corrected chi connectivity index (χ2v) is 12.7. The van der Waals surface area contributed by atoms with E-state index in [1.807, 2.05) is 17.0 Å². The summed E-state index contributed by atoms with van der Waals surface area (Å²) in [5, 5.41) is 3.31. The average Bonchev–Trinajstić information content (AvgIpc) is 2.93. The molecule has 0 radical (unpaired) electrons. The van der Waals surface area contributed by atoms with Crippen LogP contribution in [-0.4, -0.2) is 51.3 Å². The zero-order chi connectivity index (χ0) is 29.4. The first-order chi connectivity index (χ1) is 19.6. The largest absolute Gasteiger partial charge is 0.457 e. The smallest absolute Gasteiger partial charge is 0.322 e. The fraction of sp³-hybridized carbons (Fsp3) is 0.406. The molecule has 4 rings (SSSR count). The molecule has 0 bridgehead atoms. The van der Waals surface area contributed by atoms with Crippen LogP contribution in [0.4, 0.5) is 16.2 Å². The normalized spacial score (nSPS) is 14.1. The number of benzene rings is 3. The molecule has 0 aromatic heterocycles. The number of carbonyl (C=O) groups is 1. The molecule has 0 unspecified atom stereocenters. The molecule has 1 fully saturated rings. The van der Waals surface area contributed by atoms with Crippen LogP contribution < -0.4 is 19.7 Å². The quantitative estimate of drug-likeness (QED) is 0.246. The Morgan fingerprint density at radius 3 is 2.19 bits per heavy atom. The first-order valence-corrected chi connectivity index (χ1v) is 16.2. The highest BCUT2D eigenvalue weighted by Crippen LogP contribution is 2.25. The lowest BCUT2D eigenvalue weighted by Crippen LogP contribution is -2.49. The van der Waals surface area contributed by atoms with Crippen LogP contribution in [0, 0.1) is 13.8 Å². The van der Waals surface area contributed by atoms with Gasteiger partial charge in [-0.15, -0.1) is 12.4 Å². The molecule has 0 spiro atoms. The van der Waals surface area contributed by atoms with E-state index >= 15 is 0 Å². The second-order valence-electron chi connectivity index (χ2n) is 10.9. The van der Waals surface area contributed by atoms with Gasteiger partial charge in [0.25, 0.3) is 0 Å². The van der Waals surface area contributed by atoms with E-state index in [0.717, 1.165) is 80.7 Å². The van der Waals surface area contributed by atoms with E-state index in [0.29, 0.717) is 11.4 Å². The van der Waals surface area contributed by atoms with Crippen LogP contribution in [0.5, 0.6) is 11.5 Å². The minimum Gasteiger partial charge on any atom is -0.457 e. The van der Waals surface area contributed by atoms with Crippen molar-refractivity contribution in [1.82, 2.24) is 10.2 Å². The monoisotopic (exact) mass is 614 g/mol. The van der Waals surface area contributed by atoms with Gasteiger partial charge >= 0.3 is 6.03 Å². The van der Waals surface area contributed by atoms with Crippen molar-refractivity contribution in [3.63, 3.8) is 0 Å². The number of likely N-dealkylation sites (tertiary alicyclic amines) is 1. The van der Waals surface area contributed by atoms with Crippen molar-refractivity contribution in [3.05, 3.63) is 83.4 Å². The summed E-state index contributed by atoms with van der Waals surface area (Å²) in [6.07, 6.45) is 4.98. The number of urea groups is 1. The van der Waals surface area contributed by atoms with Crippen molar-refractivity contribution in [1.29, 1.82) is 0 Å². The van der Waals surface area contributed by atoms with Crippen molar-refractivity contribution in [2.45, 2.75) is 59.0 Å². The van der Waals surface area contributed by atoms with Crippen molar-refractivity contribution < 1.29 is 17.9 Å². The Hall–Kier alpha value is -3.27. The molecule has 1 heterocycles. The number of hydrogen-bond donors (Lipinski definition) is 2. The number of anilines is 2. The summed E-state index contributed by atoms with van der Waals surface area (Å²) in [6, 6.07) is 21.3. The lowest BCUT2D eigenvalue weighted by molar-refractivity contribution is 0.188. The Labute approximate surface area is 256 Å². The predicted molar refractivity (Wildman–Crippen MR) is 174 cm³/mol. The maximum Gasteiger partial charge on any atom is 0.322 e. The van der Waals surface area contributed by atoms with Gasteiger partial charge in [0.15, 0.2) is 0 Å². The summed E-state index contributed by atoms with van der Waals surface area (Å²) in [4.78, 5) is 17.7. The summed E-state index contributed by atoms with van der Waals surface area (Å²) >= 11 is 0. The third kappa shape index (κ3) is 9.93. The molecule has 0 saturated carbocycles. The number of piperidine rings is 1. The number of carbonyl (C=O) groups excluding carboxylic acids is 1. The number of nitrogens with zero attached hydrogens (tertiary/aromatic N) is 2. The summed E-state index contributed by atoms with van der Waals surface area (Å²) in [5.41, 5.74) is 4.97. The number of halogens is 1. The predicted octanol–water partition coefficient (Wildman–Crippen LogP) is 6.87. The number of rotatable bonds is 11. The summed E-state index contributed by atoms with van der Waals surface area (Å²) < 4.78 is 31.1. The Bertz CT molecular complexity index is 1410. The first-order valence-electron chi connectivity index (χ1n) is 14.3. The van der Waals surface area contributed by atoms with Crippen molar-refractivity contribution in [2.24, 2.45) is 0 Å². The van der Waals surface area contributed by atoms with Gasteiger partial charge in [0.2, 0.25) is 10.0 Å². The highest BCUT2D eigenvalue weighted by atomic mass is 35.5. The maximum absolute atomic E-state index is 13.4. The van der Waals surface area contributed by atoms with Crippen LogP contribution in [0.3, 0.4) is 0 Å². The van der Waals surface area contributed by atoms with Gasteiger partial charge in [-0.2, -0.15) is 0 Å². The molecule has 3 aromatic carbocycles. The SMILES string of the molecule is CCCCN(C(=O)NC1CCN(Cc2ccc(Oc3ccc(NS(C)(=O)=O)cc3)cc2)CC1)c1cc(C)ccc1C.Cl. The van der Waals surface area contributed by atoms with Gasteiger partial charge in [0, 0.05) is 43.6 Å². The molecule has 2 N–H and O–H groups in total.